The third-order valence-corrected chi connectivity index (χ3v) is 4.76. The van der Waals surface area contributed by atoms with Crippen molar-refractivity contribution < 1.29 is 18.3 Å². The zero-order chi connectivity index (χ0) is 17.8. The summed E-state index contributed by atoms with van der Waals surface area (Å²) in [6.07, 6.45) is 0. The number of nitrogens with zero attached hydrogens (tertiary/aromatic N) is 2. The number of halogens is 2. The molecule has 5 nitrogen and oxygen atoms in total. The van der Waals surface area contributed by atoms with Gasteiger partial charge in [-0.1, -0.05) is 27.7 Å². The molecule has 0 aliphatic heterocycles. The zero-order valence-electron chi connectivity index (χ0n) is 13.5. The molecule has 130 valence electrons. The van der Waals surface area contributed by atoms with Gasteiger partial charge >= 0.3 is 0 Å². The van der Waals surface area contributed by atoms with Gasteiger partial charge in [0.25, 0.3) is 5.22 Å². The molecule has 3 aromatic rings. The Morgan fingerprint density at radius 3 is 2.64 bits per heavy atom. The molecule has 25 heavy (non-hydrogen) atoms. The Hall–Kier alpha value is -2.06. The first-order valence-electron chi connectivity index (χ1n) is 7.23. The van der Waals surface area contributed by atoms with Crippen molar-refractivity contribution in [2.45, 2.75) is 11.0 Å². The maximum atomic E-state index is 13.8. The van der Waals surface area contributed by atoms with Gasteiger partial charge in [0, 0.05) is 15.8 Å². The highest BCUT2D eigenvalue weighted by molar-refractivity contribution is 9.10. The van der Waals surface area contributed by atoms with Gasteiger partial charge in [-0.2, -0.15) is 0 Å². The number of thioether (sulfide) groups is 1. The molecule has 0 fully saturated rings. The average Bonchev–Trinajstić information content (AvgIpc) is 3.11. The SMILES string of the molecule is COc1ccc(-c2nnc(SCc3cc(Br)ccc3F)o2)cc1OC. The summed E-state index contributed by atoms with van der Waals surface area (Å²) in [5.41, 5.74) is 1.27. The van der Waals surface area contributed by atoms with E-state index in [1.807, 2.05) is 0 Å². The van der Waals surface area contributed by atoms with Gasteiger partial charge in [0.2, 0.25) is 5.89 Å². The second kappa shape index (κ2) is 7.88. The zero-order valence-corrected chi connectivity index (χ0v) is 15.9. The number of methoxy groups -OCH3 is 2. The first-order chi connectivity index (χ1) is 12.1. The van der Waals surface area contributed by atoms with Crippen LogP contribution in [0.2, 0.25) is 0 Å². The van der Waals surface area contributed by atoms with Gasteiger partial charge in [-0.05, 0) is 42.0 Å². The quantitative estimate of drug-likeness (QED) is 0.521. The third kappa shape index (κ3) is 4.13. The summed E-state index contributed by atoms with van der Waals surface area (Å²) >= 11 is 4.61. The highest BCUT2D eigenvalue weighted by atomic mass is 79.9. The van der Waals surface area contributed by atoms with Crippen LogP contribution in [0.4, 0.5) is 4.39 Å². The second-order valence-corrected chi connectivity index (χ2v) is 6.81. The molecule has 0 bridgehead atoms. The molecule has 0 radical (unpaired) electrons. The van der Waals surface area contributed by atoms with Crippen LogP contribution in [0.15, 0.2) is 50.5 Å². The third-order valence-electron chi connectivity index (χ3n) is 3.40. The van der Waals surface area contributed by atoms with E-state index < -0.39 is 0 Å². The van der Waals surface area contributed by atoms with Crippen molar-refractivity contribution in [3.63, 3.8) is 0 Å². The Kier molecular flexibility index (Phi) is 5.60. The maximum absolute atomic E-state index is 13.8. The van der Waals surface area contributed by atoms with Gasteiger partial charge in [0.05, 0.1) is 14.2 Å². The summed E-state index contributed by atoms with van der Waals surface area (Å²) in [7, 11) is 3.13. The monoisotopic (exact) mass is 424 g/mol. The molecule has 8 heteroatoms. The molecule has 0 saturated heterocycles. The van der Waals surface area contributed by atoms with Crippen molar-refractivity contribution in [3.8, 4) is 23.0 Å². The molecular formula is C17H14BrFN2O3S. The van der Waals surface area contributed by atoms with Crippen molar-refractivity contribution in [2.75, 3.05) is 14.2 Å². The molecule has 0 aliphatic rings. The number of aromatic nitrogens is 2. The summed E-state index contributed by atoms with van der Waals surface area (Å²) in [5.74, 6) is 1.67. The van der Waals surface area contributed by atoms with Gasteiger partial charge in [-0.15, -0.1) is 10.2 Å². The van der Waals surface area contributed by atoms with Gasteiger partial charge in [-0.25, -0.2) is 4.39 Å². The van der Waals surface area contributed by atoms with E-state index in [9.17, 15) is 4.39 Å². The fraction of sp³-hybridized carbons (Fsp3) is 0.176. The van der Waals surface area contributed by atoms with Crippen molar-refractivity contribution in [1.29, 1.82) is 0 Å². The molecule has 0 atom stereocenters. The smallest absolute Gasteiger partial charge is 0.277 e. The predicted molar refractivity (Wildman–Crippen MR) is 96.5 cm³/mol. The van der Waals surface area contributed by atoms with Crippen LogP contribution in [0.3, 0.4) is 0 Å². The Morgan fingerprint density at radius 1 is 1.08 bits per heavy atom. The highest BCUT2D eigenvalue weighted by Crippen LogP contribution is 2.33. The lowest BCUT2D eigenvalue weighted by molar-refractivity contribution is 0.355. The van der Waals surface area contributed by atoms with E-state index in [4.69, 9.17) is 13.9 Å². The first-order valence-corrected chi connectivity index (χ1v) is 9.01. The Morgan fingerprint density at radius 2 is 1.88 bits per heavy atom. The molecular weight excluding hydrogens is 411 g/mol. The molecule has 0 unspecified atom stereocenters. The Bertz CT molecular complexity index is 888. The lowest BCUT2D eigenvalue weighted by Crippen LogP contribution is -1.90. The van der Waals surface area contributed by atoms with E-state index >= 15 is 0 Å². The van der Waals surface area contributed by atoms with E-state index in [2.05, 4.69) is 26.1 Å². The Balaban J connectivity index is 1.75. The standard InChI is InChI=1S/C17H14BrFN2O3S/c1-22-14-6-3-10(8-15(14)23-2)16-20-21-17(24-16)25-9-11-7-12(18)4-5-13(11)19/h3-8H,9H2,1-2H3. The number of benzene rings is 2. The summed E-state index contributed by atoms with van der Waals surface area (Å²) in [6, 6.07) is 10.1. The minimum Gasteiger partial charge on any atom is -0.493 e. The molecule has 0 spiro atoms. The lowest BCUT2D eigenvalue weighted by Gasteiger charge is -2.07. The minimum atomic E-state index is -0.268. The predicted octanol–water partition coefficient (Wildman–Crippen LogP) is 4.95. The summed E-state index contributed by atoms with van der Waals surface area (Å²) in [6.45, 7) is 0. The van der Waals surface area contributed by atoms with Crippen LogP contribution in [0.1, 0.15) is 5.56 Å². The molecule has 0 N–H and O–H groups in total. The topological polar surface area (TPSA) is 57.4 Å². The largest absolute Gasteiger partial charge is 0.493 e. The molecule has 2 aromatic carbocycles. The van der Waals surface area contributed by atoms with E-state index in [1.165, 1.54) is 17.8 Å². The Labute approximate surface area is 156 Å². The van der Waals surface area contributed by atoms with Crippen molar-refractivity contribution in [2.24, 2.45) is 0 Å². The van der Waals surface area contributed by atoms with E-state index in [0.717, 1.165) is 4.47 Å². The number of hydrogen-bond donors (Lipinski definition) is 0. The van der Waals surface area contributed by atoms with E-state index in [0.29, 0.717) is 39.5 Å². The normalized spacial score (nSPS) is 10.7. The fourth-order valence-corrected chi connectivity index (χ4v) is 3.29. The molecule has 0 aliphatic carbocycles. The number of rotatable bonds is 6. The minimum absolute atomic E-state index is 0.268. The van der Waals surface area contributed by atoms with Gasteiger partial charge < -0.3 is 13.9 Å². The number of hydrogen-bond acceptors (Lipinski definition) is 6. The van der Waals surface area contributed by atoms with Crippen molar-refractivity contribution in [3.05, 3.63) is 52.3 Å². The lowest BCUT2D eigenvalue weighted by atomic mass is 10.2. The van der Waals surface area contributed by atoms with E-state index in [-0.39, 0.29) is 5.82 Å². The average molecular weight is 425 g/mol. The fourth-order valence-electron chi connectivity index (χ4n) is 2.15. The van der Waals surface area contributed by atoms with Crippen molar-refractivity contribution >= 4 is 27.7 Å². The second-order valence-electron chi connectivity index (χ2n) is 4.97. The highest BCUT2D eigenvalue weighted by Gasteiger charge is 2.13. The summed E-state index contributed by atoms with van der Waals surface area (Å²) in [5, 5.41) is 8.40. The molecule has 0 saturated carbocycles. The van der Waals surface area contributed by atoms with Crippen LogP contribution < -0.4 is 9.47 Å². The maximum Gasteiger partial charge on any atom is 0.277 e. The van der Waals surface area contributed by atoms with Crippen LogP contribution in [-0.4, -0.2) is 24.4 Å². The van der Waals surface area contributed by atoms with Crippen LogP contribution in [0, 0.1) is 5.82 Å². The molecule has 1 aromatic heterocycles. The van der Waals surface area contributed by atoms with Crippen LogP contribution in [0.5, 0.6) is 11.5 Å². The van der Waals surface area contributed by atoms with Gasteiger partial charge in [0.1, 0.15) is 5.82 Å². The molecule has 3 rings (SSSR count). The summed E-state index contributed by atoms with van der Waals surface area (Å²) < 4.78 is 30.7. The first kappa shape index (κ1) is 17.8. The van der Waals surface area contributed by atoms with Crippen LogP contribution in [0.25, 0.3) is 11.5 Å². The summed E-state index contributed by atoms with van der Waals surface area (Å²) in [4.78, 5) is 0. The van der Waals surface area contributed by atoms with Crippen molar-refractivity contribution in [1.82, 2.24) is 10.2 Å². The van der Waals surface area contributed by atoms with Gasteiger partial charge in [-0.3, -0.25) is 0 Å². The molecule has 0 amide bonds. The van der Waals surface area contributed by atoms with Gasteiger partial charge in [0.15, 0.2) is 11.5 Å². The van der Waals surface area contributed by atoms with Crippen LogP contribution in [-0.2, 0) is 5.75 Å². The molecule has 1 heterocycles. The van der Waals surface area contributed by atoms with Crippen LogP contribution >= 0.6 is 27.7 Å². The van der Waals surface area contributed by atoms with E-state index in [1.54, 1.807) is 44.6 Å². The number of ether oxygens (including phenoxy) is 2.